The smallest absolute Gasteiger partial charge is 0.229 e. The van der Waals surface area contributed by atoms with E-state index in [1.54, 1.807) is 6.20 Å². The zero-order valence-electron chi connectivity index (χ0n) is 14.4. The fraction of sp³-hybridized carbons (Fsp3) is 0.200. The van der Waals surface area contributed by atoms with E-state index in [4.69, 9.17) is 4.74 Å². The Bertz CT molecular complexity index is 806. The van der Waals surface area contributed by atoms with Gasteiger partial charge in [0.1, 0.15) is 11.6 Å². The van der Waals surface area contributed by atoms with Gasteiger partial charge in [-0.1, -0.05) is 42.5 Å². The van der Waals surface area contributed by atoms with E-state index in [0.717, 1.165) is 17.3 Å². The van der Waals surface area contributed by atoms with Gasteiger partial charge >= 0.3 is 0 Å². The quantitative estimate of drug-likeness (QED) is 0.660. The second-order valence-corrected chi connectivity index (χ2v) is 5.89. The van der Waals surface area contributed by atoms with E-state index in [1.165, 1.54) is 5.56 Å². The van der Waals surface area contributed by atoms with Crippen molar-refractivity contribution in [2.75, 3.05) is 10.6 Å². The van der Waals surface area contributed by atoms with Crippen molar-refractivity contribution in [3.05, 3.63) is 72.4 Å². The summed E-state index contributed by atoms with van der Waals surface area (Å²) in [4.78, 5) is 8.81. The summed E-state index contributed by atoms with van der Waals surface area (Å²) in [6.07, 6.45) is 1.83. The van der Waals surface area contributed by atoms with Crippen LogP contribution in [0.3, 0.4) is 0 Å². The number of hydrogen-bond donors (Lipinski definition) is 2. The van der Waals surface area contributed by atoms with E-state index in [-0.39, 0.29) is 6.10 Å². The van der Waals surface area contributed by atoms with Crippen LogP contribution in [0, 0.1) is 0 Å². The number of para-hydroxylation sites is 2. The molecule has 0 aliphatic heterocycles. The standard InChI is InChI=1S/C20H22N4O/c1-15(2)25-18-11-7-6-10-17(18)23-20-21-13-12-19(24-20)22-14-16-8-4-3-5-9-16/h3-13,15H,14H2,1-2H3,(H2,21,22,23,24). The normalized spacial score (nSPS) is 10.5. The molecule has 0 radical (unpaired) electrons. The van der Waals surface area contributed by atoms with Crippen LogP contribution in [0.5, 0.6) is 5.75 Å². The van der Waals surface area contributed by atoms with Crippen LogP contribution in [0.1, 0.15) is 19.4 Å². The maximum Gasteiger partial charge on any atom is 0.229 e. The largest absolute Gasteiger partial charge is 0.489 e. The predicted molar refractivity (Wildman–Crippen MR) is 101 cm³/mol. The van der Waals surface area contributed by atoms with Crippen LogP contribution < -0.4 is 15.4 Å². The van der Waals surface area contributed by atoms with Crippen molar-refractivity contribution in [1.82, 2.24) is 9.97 Å². The first-order valence-corrected chi connectivity index (χ1v) is 8.34. The van der Waals surface area contributed by atoms with E-state index < -0.39 is 0 Å². The minimum atomic E-state index is 0.0998. The first-order chi connectivity index (χ1) is 12.2. The average molecular weight is 334 g/mol. The molecule has 0 aliphatic carbocycles. The van der Waals surface area contributed by atoms with Crippen LogP contribution in [-0.4, -0.2) is 16.1 Å². The van der Waals surface area contributed by atoms with Crippen molar-refractivity contribution in [2.24, 2.45) is 0 Å². The number of hydrogen-bond acceptors (Lipinski definition) is 5. The lowest BCUT2D eigenvalue weighted by molar-refractivity contribution is 0.244. The summed E-state index contributed by atoms with van der Waals surface area (Å²) in [7, 11) is 0. The molecular weight excluding hydrogens is 312 g/mol. The van der Waals surface area contributed by atoms with Crippen LogP contribution >= 0.6 is 0 Å². The predicted octanol–water partition coefficient (Wildman–Crippen LogP) is 4.62. The number of aromatic nitrogens is 2. The lowest BCUT2D eigenvalue weighted by atomic mass is 10.2. The Labute approximate surface area is 148 Å². The Morgan fingerprint density at radius 3 is 2.52 bits per heavy atom. The van der Waals surface area contributed by atoms with Crippen molar-refractivity contribution in [3.8, 4) is 5.75 Å². The van der Waals surface area contributed by atoms with Gasteiger partial charge in [0.2, 0.25) is 5.95 Å². The zero-order chi connectivity index (χ0) is 17.5. The lowest BCUT2D eigenvalue weighted by Gasteiger charge is -2.15. The minimum absolute atomic E-state index is 0.0998. The summed E-state index contributed by atoms with van der Waals surface area (Å²) in [5, 5.41) is 6.54. The number of ether oxygens (including phenoxy) is 1. The van der Waals surface area contributed by atoms with Crippen LogP contribution in [0.2, 0.25) is 0 Å². The van der Waals surface area contributed by atoms with Gasteiger partial charge in [-0.25, -0.2) is 4.98 Å². The zero-order valence-corrected chi connectivity index (χ0v) is 14.4. The van der Waals surface area contributed by atoms with Crippen molar-refractivity contribution in [1.29, 1.82) is 0 Å². The Balaban J connectivity index is 1.70. The molecule has 3 aromatic rings. The third-order valence-corrected chi connectivity index (χ3v) is 3.47. The van der Waals surface area contributed by atoms with Crippen molar-refractivity contribution >= 4 is 17.5 Å². The van der Waals surface area contributed by atoms with Crippen molar-refractivity contribution < 1.29 is 4.74 Å². The van der Waals surface area contributed by atoms with Crippen LogP contribution in [-0.2, 0) is 6.54 Å². The molecule has 2 aromatic carbocycles. The van der Waals surface area contributed by atoms with E-state index >= 15 is 0 Å². The maximum atomic E-state index is 5.82. The van der Waals surface area contributed by atoms with Crippen molar-refractivity contribution in [2.45, 2.75) is 26.5 Å². The Hall–Kier alpha value is -3.08. The monoisotopic (exact) mass is 334 g/mol. The molecule has 128 valence electrons. The molecule has 5 heteroatoms. The van der Waals surface area contributed by atoms with Gasteiger partial charge in [0.05, 0.1) is 11.8 Å². The van der Waals surface area contributed by atoms with Crippen LogP contribution in [0.25, 0.3) is 0 Å². The second kappa shape index (κ2) is 8.15. The molecule has 0 amide bonds. The van der Waals surface area contributed by atoms with Gasteiger partial charge in [-0.3, -0.25) is 0 Å². The van der Waals surface area contributed by atoms with Crippen LogP contribution in [0.4, 0.5) is 17.5 Å². The molecule has 0 bridgehead atoms. The summed E-state index contributed by atoms with van der Waals surface area (Å²) in [6.45, 7) is 4.72. The number of nitrogens with one attached hydrogen (secondary N) is 2. The van der Waals surface area contributed by atoms with E-state index in [0.29, 0.717) is 12.5 Å². The fourth-order valence-electron chi connectivity index (χ4n) is 2.35. The minimum Gasteiger partial charge on any atom is -0.489 e. The molecule has 25 heavy (non-hydrogen) atoms. The molecule has 0 spiro atoms. The molecule has 5 nitrogen and oxygen atoms in total. The Morgan fingerprint density at radius 2 is 1.72 bits per heavy atom. The fourth-order valence-corrected chi connectivity index (χ4v) is 2.35. The average Bonchev–Trinajstić information content (AvgIpc) is 2.62. The molecule has 0 atom stereocenters. The first-order valence-electron chi connectivity index (χ1n) is 8.34. The Morgan fingerprint density at radius 1 is 0.960 bits per heavy atom. The highest BCUT2D eigenvalue weighted by Crippen LogP contribution is 2.27. The molecule has 0 fully saturated rings. The number of benzene rings is 2. The number of rotatable bonds is 7. The van der Waals surface area contributed by atoms with Gasteiger partial charge in [0.15, 0.2) is 0 Å². The van der Waals surface area contributed by atoms with Gasteiger partial charge < -0.3 is 15.4 Å². The molecule has 0 saturated heterocycles. The number of anilines is 3. The van der Waals surface area contributed by atoms with Gasteiger partial charge in [-0.2, -0.15) is 4.98 Å². The SMILES string of the molecule is CC(C)Oc1ccccc1Nc1nccc(NCc2ccccc2)n1. The van der Waals surface area contributed by atoms with Gasteiger partial charge in [-0.05, 0) is 37.6 Å². The molecule has 0 aliphatic rings. The highest BCUT2D eigenvalue weighted by atomic mass is 16.5. The first kappa shape index (κ1) is 16.8. The molecule has 1 heterocycles. The van der Waals surface area contributed by atoms with Crippen LogP contribution in [0.15, 0.2) is 66.9 Å². The molecule has 0 saturated carbocycles. The highest BCUT2D eigenvalue weighted by Gasteiger charge is 2.07. The van der Waals surface area contributed by atoms with E-state index in [2.05, 4.69) is 32.7 Å². The molecular formula is C20H22N4O. The number of nitrogens with zero attached hydrogens (tertiary/aromatic N) is 2. The Kier molecular flexibility index (Phi) is 5.46. The maximum absolute atomic E-state index is 5.82. The molecule has 2 N–H and O–H groups in total. The van der Waals surface area contributed by atoms with Gasteiger partial charge in [-0.15, -0.1) is 0 Å². The van der Waals surface area contributed by atoms with E-state index in [9.17, 15) is 0 Å². The summed E-state index contributed by atoms with van der Waals surface area (Å²) in [6, 6.07) is 19.8. The van der Waals surface area contributed by atoms with Gasteiger partial charge in [0.25, 0.3) is 0 Å². The summed E-state index contributed by atoms with van der Waals surface area (Å²) in [5.41, 5.74) is 2.04. The summed E-state index contributed by atoms with van der Waals surface area (Å²) < 4.78 is 5.82. The third kappa shape index (κ3) is 4.94. The van der Waals surface area contributed by atoms with Gasteiger partial charge in [0, 0.05) is 12.7 Å². The van der Waals surface area contributed by atoms with E-state index in [1.807, 2.05) is 62.4 Å². The summed E-state index contributed by atoms with van der Waals surface area (Å²) >= 11 is 0. The molecule has 1 aromatic heterocycles. The highest BCUT2D eigenvalue weighted by molar-refractivity contribution is 5.63. The summed E-state index contributed by atoms with van der Waals surface area (Å²) in [5.74, 6) is 2.07. The molecule has 0 unspecified atom stereocenters. The molecule has 3 rings (SSSR count). The van der Waals surface area contributed by atoms with Crippen molar-refractivity contribution in [3.63, 3.8) is 0 Å². The second-order valence-electron chi connectivity index (χ2n) is 5.89. The lowest BCUT2D eigenvalue weighted by Crippen LogP contribution is -2.08. The third-order valence-electron chi connectivity index (χ3n) is 3.47. The topological polar surface area (TPSA) is 59.1 Å².